The van der Waals surface area contributed by atoms with Gasteiger partial charge < -0.3 is 24.4 Å². The fraction of sp³-hybridized carbons (Fsp3) is 0.435. The van der Waals surface area contributed by atoms with Crippen molar-refractivity contribution in [1.82, 2.24) is 0 Å². The van der Waals surface area contributed by atoms with Crippen molar-refractivity contribution in [2.75, 3.05) is 38.2 Å². The van der Waals surface area contributed by atoms with Crippen LogP contribution in [-0.4, -0.2) is 38.8 Å². The maximum Gasteiger partial charge on any atom is 0.279 e. The van der Waals surface area contributed by atoms with E-state index in [0.29, 0.717) is 32.1 Å². The molecule has 29 heavy (non-hydrogen) atoms. The van der Waals surface area contributed by atoms with Gasteiger partial charge in [-0.3, -0.25) is 4.79 Å². The summed E-state index contributed by atoms with van der Waals surface area (Å²) >= 11 is 0. The minimum Gasteiger partial charge on any atom is -0.492 e. The lowest BCUT2D eigenvalue weighted by Crippen LogP contribution is -3.12. The molecule has 3 rings (SSSR count). The molecule has 0 aromatic heterocycles. The highest BCUT2D eigenvalue weighted by Gasteiger charge is 2.24. The van der Waals surface area contributed by atoms with E-state index in [-0.39, 0.29) is 5.91 Å². The SMILES string of the molecule is CCOc1ccccc1NC(=O)C[NH+]1CCc2cc(OCC)c(OCC)cc2C1. The molecule has 6 nitrogen and oxygen atoms in total. The lowest BCUT2D eigenvalue weighted by Gasteiger charge is -2.26. The molecule has 0 bridgehead atoms. The van der Waals surface area contributed by atoms with Crippen LogP contribution in [0.1, 0.15) is 31.9 Å². The first kappa shape index (κ1) is 21.0. The number of amides is 1. The molecule has 2 N–H and O–H groups in total. The van der Waals surface area contributed by atoms with E-state index in [9.17, 15) is 4.79 Å². The highest BCUT2D eigenvalue weighted by Crippen LogP contribution is 2.32. The Morgan fingerprint density at radius 3 is 2.24 bits per heavy atom. The molecule has 1 heterocycles. The number of hydrogen-bond donors (Lipinski definition) is 2. The Labute approximate surface area is 172 Å². The number of anilines is 1. The predicted molar refractivity (Wildman–Crippen MR) is 113 cm³/mol. The first-order chi connectivity index (χ1) is 14.1. The van der Waals surface area contributed by atoms with E-state index in [1.165, 1.54) is 16.0 Å². The van der Waals surface area contributed by atoms with E-state index in [1.54, 1.807) is 0 Å². The smallest absolute Gasteiger partial charge is 0.279 e. The van der Waals surface area contributed by atoms with Crippen LogP contribution in [0.5, 0.6) is 17.2 Å². The van der Waals surface area contributed by atoms with Crippen molar-refractivity contribution in [2.24, 2.45) is 0 Å². The van der Waals surface area contributed by atoms with Crippen LogP contribution in [-0.2, 0) is 17.8 Å². The number of benzene rings is 2. The van der Waals surface area contributed by atoms with Gasteiger partial charge in [-0.15, -0.1) is 0 Å². The Morgan fingerprint density at radius 2 is 1.55 bits per heavy atom. The number of nitrogens with one attached hydrogen (secondary N) is 2. The minimum atomic E-state index is -0.00780. The van der Waals surface area contributed by atoms with Crippen LogP contribution in [0.4, 0.5) is 5.69 Å². The van der Waals surface area contributed by atoms with E-state index in [0.717, 1.165) is 36.7 Å². The number of para-hydroxylation sites is 2. The van der Waals surface area contributed by atoms with Crippen molar-refractivity contribution in [3.05, 3.63) is 47.5 Å². The molecule has 0 saturated heterocycles. The predicted octanol–water partition coefficient (Wildman–Crippen LogP) is 2.46. The quantitative estimate of drug-likeness (QED) is 0.680. The van der Waals surface area contributed by atoms with Crippen molar-refractivity contribution >= 4 is 11.6 Å². The van der Waals surface area contributed by atoms with Crippen LogP contribution >= 0.6 is 0 Å². The summed E-state index contributed by atoms with van der Waals surface area (Å²) < 4.78 is 17.1. The summed E-state index contributed by atoms with van der Waals surface area (Å²) in [6, 6.07) is 11.7. The van der Waals surface area contributed by atoms with Gasteiger partial charge >= 0.3 is 0 Å². The van der Waals surface area contributed by atoms with Gasteiger partial charge in [0, 0.05) is 12.0 Å². The zero-order valence-corrected chi connectivity index (χ0v) is 17.5. The van der Waals surface area contributed by atoms with Crippen molar-refractivity contribution < 1.29 is 23.9 Å². The van der Waals surface area contributed by atoms with Gasteiger partial charge in [0.05, 0.1) is 32.1 Å². The molecular weight excluding hydrogens is 368 g/mol. The molecule has 2 aromatic rings. The molecule has 0 radical (unpaired) electrons. The van der Waals surface area contributed by atoms with Gasteiger partial charge in [-0.1, -0.05) is 12.1 Å². The number of hydrogen-bond acceptors (Lipinski definition) is 4. The molecule has 2 aromatic carbocycles. The lowest BCUT2D eigenvalue weighted by atomic mass is 9.98. The van der Waals surface area contributed by atoms with Crippen LogP contribution in [0, 0.1) is 0 Å². The number of rotatable bonds is 9. The summed E-state index contributed by atoms with van der Waals surface area (Å²) in [6.07, 6.45) is 0.917. The van der Waals surface area contributed by atoms with Crippen molar-refractivity contribution in [3.63, 3.8) is 0 Å². The van der Waals surface area contributed by atoms with E-state index in [4.69, 9.17) is 14.2 Å². The normalized spacial score (nSPS) is 15.3. The maximum atomic E-state index is 12.6. The van der Waals surface area contributed by atoms with Crippen LogP contribution in [0.15, 0.2) is 36.4 Å². The third-order valence-corrected chi connectivity index (χ3v) is 4.93. The second kappa shape index (κ2) is 10.2. The monoisotopic (exact) mass is 399 g/mol. The second-order valence-electron chi connectivity index (χ2n) is 7.01. The van der Waals surface area contributed by atoms with Gasteiger partial charge in [-0.2, -0.15) is 0 Å². The average molecular weight is 400 g/mol. The van der Waals surface area contributed by atoms with Crippen LogP contribution < -0.4 is 24.4 Å². The first-order valence-electron chi connectivity index (χ1n) is 10.4. The molecule has 156 valence electrons. The van der Waals surface area contributed by atoms with Gasteiger partial charge in [0.25, 0.3) is 5.91 Å². The van der Waals surface area contributed by atoms with Crippen LogP contribution in [0.3, 0.4) is 0 Å². The third-order valence-electron chi connectivity index (χ3n) is 4.93. The molecule has 1 aliphatic rings. The molecular formula is C23H31N2O4+. The Hall–Kier alpha value is -2.73. The lowest BCUT2D eigenvalue weighted by molar-refractivity contribution is -0.907. The second-order valence-corrected chi connectivity index (χ2v) is 7.01. The number of ether oxygens (including phenoxy) is 3. The number of carbonyl (C=O) groups is 1. The topological polar surface area (TPSA) is 61.2 Å². The molecule has 6 heteroatoms. The van der Waals surface area contributed by atoms with Crippen LogP contribution in [0.25, 0.3) is 0 Å². The Kier molecular flexibility index (Phi) is 7.36. The molecule has 0 aliphatic carbocycles. The molecule has 1 unspecified atom stereocenters. The molecule has 0 spiro atoms. The maximum absolute atomic E-state index is 12.6. The fourth-order valence-corrected chi connectivity index (χ4v) is 3.67. The summed E-state index contributed by atoms with van der Waals surface area (Å²) in [7, 11) is 0. The van der Waals surface area contributed by atoms with Crippen molar-refractivity contribution in [1.29, 1.82) is 0 Å². The zero-order valence-electron chi connectivity index (χ0n) is 17.5. The van der Waals surface area contributed by atoms with E-state index >= 15 is 0 Å². The summed E-state index contributed by atoms with van der Waals surface area (Å²) in [4.78, 5) is 13.9. The highest BCUT2D eigenvalue weighted by molar-refractivity contribution is 5.92. The molecule has 1 aliphatic heterocycles. The van der Waals surface area contributed by atoms with E-state index in [1.807, 2.05) is 45.0 Å². The Morgan fingerprint density at radius 1 is 0.931 bits per heavy atom. The van der Waals surface area contributed by atoms with Crippen LogP contribution in [0.2, 0.25) is 0 Å². The highest BCUT2D eigenvalue weighted by atomic mass is 16.5. The van der Waals surface area contributed by atoms with Crippen molar-refractivity contribution in [3.8, 4) is 17.2 Å². The van der Waals surface area contributed by atoms with Gasteiger partial charge in [-0.05, 0) is 50.6 Å². The Bertz CT molecular complexity index is 838. The zero-order chi connectivity index (χ0) is 20.6. The summed E-state index contributed by atoms with van der Waals surface area (Å²) in [5.41, 5.74) is 3.22. The van der Waals surface area contributed by atoms with Gasteiger partial charge in [-0.25, -0.2) is 0 Å². The molecule has 0 fully saturated rings. The van der Waals surface area contributed by atoms with Gasteiger partial charge in [0.2, 0.25) is 0 Å². The number of quaternary nitrogens is 1. The van der Waals surface area contributed by atoms with Gasteiger partial charge in [0.15, 0.2) is 18.0 Å². The van der Waals surface area contributed by atoms with Crippen molar-refractivity contribution in [2.45, 2.75) is 33.7 Å². The summed E-state index contributed by atoms with van der Waals surface area (Å²) in [5, 5.41) is 2.99. The van der Waals surface area contributed by atoms with E-state index < -0.39 is 0 Å². The summed E-state index contributed by atoms with van der Waals surface area (Å²) in [6.45, 7) is 9.76. The molecule has 1 atom stereocenters. The van der Waals surface area contributed by atoms with Gasteiger partial charge in [0.1, 0.15) is 12.3 Å². The molecule has 1 amide bonds. The minimum absolute atomic E-state index is 0.00780. The van der Waals surface area contributed by atoms with E-state index in [2.05, 4.69) is 17.4 Å². The molecule has 0 saturated carbocycles. The third kappa shape index (κ3) is 5.41. The Balaban J connectivity index is 1.66. The number of fused-ring (bicyclic) bond motifs is 1. The summed E-state index contributed by atoms with van der Waals surface area (Å²) in [5.74, 6) is 2.28. The first-order valence-corrected chi connectivity index (χ1v) is 10.4. The fourth-order valence-electron chi connectivity index (χ4n) is 3.67. The number of carbonyl (C=O) groups excluding carboxylic acids is 1. The largest absolute Gasteiger partial charge is 0.492 e. The average Bonchev–Trinajstić information content (AvgIpc) is 2.70. The standard InChI is InChI=1S/C23H30N2O4/c1-4-27-20-10-8-7-9-19(20)24-23(26)16-25-12-11-17-13-21(28-5-2)22(29-6-3)14-18(17)15-25/h7-10,13-14H,4-6,11-12,15-16H2,1-3H3,(H,24,26)/p+1.